The Morgan fingerprint density at radius 3 is 2.87 bits per heavy atom. The molecule has 166 valence electrons. The molecule has 8 nitrogen and oxygen atoms in total. The molecular formula is C20H23FN4O4S2. The van der Waals surface area contributed by atoms with Gasteiger partial charge in [0.05, 0.1) is 27.5 Å². The lowest BCUT2D eigenvalue weighted by molar-refractivity contribution is -0.133. The normalized spacial score (nSPS) is 17.9. The van der Waals surface area contributed by atoms with Gasteiger partial charge in [0.2, 0.25) is 0 Å². The molecule has 0 spiro atoms. The van der Waals surface area contributed by atoms with Gasteiger partial charge >= 0.3 is 12.0 Å². The highest BCUT2D eigenvalue weighted by Crippen LogP contribution is 2.36. The highest BCUT2D eigenvalue weighted by atomic mass is 32.2. The Bertz CT molecular complexity index is 980. The van der Waals surface area contributed by atoms with Gasteiger partial charge in [-0.25, -0.2) is 14.2 Å². The fourth-order valence-corrected chi connectivity index (χ4v) is 5.57. The summed E-state index contributed by atoms with van der Waals surface area (Å²) in [6.45, 7) is 0.385. The third kappa shape index (κ3) is 5.10. The zero-order valence-corrected chi connectivity index (χ0v) is 18.3. The summed E-state index contributed by atoms with van der Waals surface area (Å²) in [7, 11) is 0. The van der Waals surface area contributed by atoms with E-state index in [1.54, 1.807) is 12.1 Å². The second kappa shape index (κ2) is 9.41. The summed E-state index contributed by atoms with van der Waals surface area (Å²) in [6.07, 6.45) is 5.15. The molecule has 2 amide bonds. The highest BCUT2D eigenvalue weighted by molar-refractivity contribution is 8.01. The van der Waals surface area contributed by atoms with Gasteiger partial charge in [0, 0.05) is 13.0 Å². The number of carboxylic acids is 1. The van der Waals surface area contributed by atoms with Crippen LogP contribution >= 0.6 is 23.1 Å². The standard InChI is InChI=1S/C20H23FN4O4S2/c21-17-13(6-5-12-7-14(26)23-18(12)17)25(9-11-3-1-2-4-11)20(29)24-19-22-8-16(31-19)30-10-15(27)28/h5-6,8,11,14,23,26H,1-4,7,9-10H2,(H,27,28)(H,22,24,29). The summed E-state index contributed by atoms with van der Waals surface area (Å²) in [6, 6.07) is 2.82. The Labute approximate surface area is 186 Å². The fraction of sp³-hybridized carbons (Fsp3) is 0.450. The van der Waals surface area contributed by atoms with Gasteiger partial charge in [-0.05, 0) is 30.4 Å². The lowest BCUT2D eigenvalue weighted by Gasteiger charge is -2.26. The van der Waals surface area contributed by atoms with Crippen LogP contribution in [0.25, 0.3) is 0 Å². The Morgan fingerprint density at radius 2 is 2.13 bits per heavy atom. The number of carbonyl (C=O) groups excluding carboxylic acids is 1. The van der Waals surface area contributed by atoms with E-state index in [9.17, 15) is 14.7 Å². The Balaban J connectivity index is 1.55. The van der Waals surface area contributed by atoms with Crippen molar-refractivity contribution in [3.8, 4) is 0 Å². The van der Waals surface area contributed by atoms with Crippen molar-refractivity contribution in [2.24, 2.45) is 5.92 Å². The minimum atomic E-state index is -0.933. The number of urea groups is 1. The molecule has 0 radical (unpaired) electrons. The second-order valence-corrected chi connectivity index (χ2v) is 9.96. The van der Waals surface area contributed by atoms with Gasteiger partial charge in [0.15, 0.2) is 10.9 Å². The first-order valence-electron chi connectivity index (χ1n) is 10.1. The van der Waals surface area contributed by atoms with Crippen molar-refractivity contribution in [1.82, 2.24) is 4.98 Å². The number of hydrogen-bond donors (Lipinski definition) is 4. The molecule has 1 aliphatic carbocycles. The molecule has 1 atom stereocenters. The third-order valence-corrected chi connectivity index (χ3v) is 7.51. The number of anilines is 3. The second-order valence-electron chi connectivity index (χ2n) is 7.66. The van der Waals surface area contributed by atoms with Gasteiger partial charge in [-0.2, -0.15) is 0 Å². The number of amides is 2. The van der Waals surface area contributed by atoms with Gasteiger partial charge in [0.1, 0.15) is 6.23 Å². The Morgan fingerprint density at radius 1 is 1.35 bits per heavy atom. The molecule has 1 aromatic heterocycles. The van der Waals surface area contributed by atoms with Crippen LogP contribution in [0.3, 0.4) is 0 Å². The molecule has 31 heavy (non-hydrogen) atoms. The third-order valence-electron chi connectivity index (χ3n) is 5.42. The number of hydrogen-bond acceptors (Lipinski definition) is 7. The van der Waals surface area contributed by atoms with Crippen LogP contribution in [0.5, 0.6) is 0 Å². The van der Waals surface area contributed by atoms with E-state index in [0.717, 1.165) is 37.4 Å². The topological polar surface area (TPSA) is 115 Å². The zero-order valence-electron chi connectivity index (χ0n) is 16.6. The number of halogens is 1. The molecule has 1 aliphatic heterocycles. The average Bonchev–Trinajstić information content (AvgIpc) is 3.46. The van der Waals surface area contributed by atoms with E-state index in [0.29, 0.717) is 27.9 Å². The molecule has 1 unspecified atom stereocenters. The smallest absolute Gasteiger partial charge is 0.328 e. The van der Waals surface area contributed by atoms with Crippen molar-refractivity contribution < 1.29 is 24.2 Å². The van der Waals surface area contributed by atoms with Crippen molar-refractivity contribution in [3.05, 3.63) is 29.7 Å². The van der Waals surface area contributed by atoms with Crippen LogP contribution in [0.1, 0.15) is 31.2 Å². The van der Waals surface area contributed by atoms with Crippen LogP contribution < -0.4 is 15.5 Å². The number of benzene rings is 1. The molecule has 1 fully saturated rings. The molecule has 2 aromatic rings. The summed E-state index contributed by atoms with van der Waals surface area (Å²) in [5, 5.41) is 24.4. The number of aliphatic hydroxyl groups excluding tert-OH is 1. The van der Waals surface area contributed by atoms with Gasteiger partial charge in [-0.3, -0.25) is 15.0 Å². The van der Waals surface area contributed by atoms with E-state index in [4.69, 9.17) is 5.11 Å². The number of aliphatic carboxylic acids is 1. The maximum Gasteiger partial charge on any atom is 0.328 e. The van der Waals surface area contributed by atoms with Gasteiger partial charge < -0.3 is 15.5 Å². The molecule has 1 saturated carbocycles. The number of fused-ring (bicyclic) bond motifs is 1. The number of aromatic nitrogens is 1. The molecule has 2 aliphatic rings. The number of thiazole rings is 1. The van der Waals surface area contributed by atoms with Gasteiger partial charge in [-0.15, -0.1) is 11.8 Å². The maximum absolute atomic E-state index is 15.3. The van der Waals surface area contributed by atoms with Crippen LogP contribution in [0.4, 0.5) is 25.7 Å². The molecule has 1 aromatic carbocycles. The van der Waals surface area contributed by atoms with E-state index in [1.807, 2.05) is 0 Å². The summed E-state index contributed by atoms with van der Waals surface area (Å²) in [5.74, 6) is -1.30. The summed E-state index contributed by atoms with van der Waals surface area (Å²) < 4.78 is 16.0. The number of carboxylic acid groups (broad SMARTS) is 1. The number of nitrogens with zero attached hydrogens (tertiary/aromatic N) is 2. The van der Waals surface area contributed by atoms with E-state index < -0.39 is 24.0 Å². The van der Waals surface area contributed by atoms with E-state index in [-0.39, 0.29) is 23.0 Å². The first-order chi connectivity index (χ1) is 14.9. The maximum atomic E-state index is 15.3. The molecule has 4 N–H and O–H groups in total. The fourth-order valence-electron chi connectivity index (χ4n) is 3.98. The molecule has 4 rings (SSSR count). The van der Waals surface area contributed by atoms with Crippen molar-refractivity contribution in [3.63, 3.8) is 0 Å². The van der Waals surface area contributed by atoms with Crippen LogP contribution in [0.15, 0.2) is 22.5 Å². The first-order valence-corrected chi connectivity index (χ1v) is 11.9. The lowest BCUT2D eigenvalue weighted by Crippen LogP contribution is -2.39. The predicted octanol–water partition coefficient (Wildman–Crippen LogP) is 3.97. The SMILES string of the molecule is O=C(O)CSc1cnc(NC(=O)N(CC2CCCC2)c2ccc3c(c2F)NC(O)C3)s1. The number of aliphatic hydroxyl groups is 1. The molecule has 0 bridgehead atoms. The Kier molecular flexibility index (Phi) is 6.63. The van der Waals surface area contributed by atoms with Crippen molar-refractivity contribution in [2.75, 3.05) is 27.8 Å². The highest BCUT2D eigenvalue weighted by Gasteiger charge is 2.30. The average molecular weight is 467 g/mol. The van der Waals surface area contributed by atoms with E-state index in [2.05, 4.69) is 15.6 Å². The van der Waals surface area contributed by atoms with Crippen LogP contribution in [0.2, 0.25) is 0 Å². The minimum Gasteiger partial charge on any atom is -0.481 e. The van der Waals surface area contributed by atoms with Crippen LogP contribution in [-0.2, 0) is 11.2 Å². The molecule has 0 saturated heterocycles. The number of carbonyl (C=O) groups is 2. The quantitative estimate of drug-likeness (QED) is 0.457. The summed E-state index contributed by atoms with van der Waals surface area (Å²) >= 11 is 2.30. The monoisotopic (exact) mass is 466 g/mol. The van der Waals surface area contributed by atoms with Crippen molar-refractivity contribution in [1.29, 1.82) is 0 Å². The van der Waals surface area contributed by atoms with E-state index in [1.165, 1.54) is 22.4 Å². The van der Waals surface area contributed by atoms with Crippen LogP contribution in [-0.4, -0.2) is 45.7 Å². The molecule has 11 heteroatoms. The van der Waals surface area contributed by atoms with Crippen molar-refractivity contribution >= 4 is 51.6 Å². The summed E-state index contributed by atoms with van der Waals surface area (Å²) in [5.41, 5.74) is 1.06. The van der Waals surface area contributed by atoms with Crippen molar-refractivity contribution in [2.45, 2.75) is 42.5 Å². The number of rotatable bonds is 7. The number of thioether (sulfide) groups is 1. The predicted molar refractivity (Wildman–Crippen MR) is 119 cm³/mol. The van der Waals surface area contributed by atoms with Gasteiger partial charge in [0.25, 0.3) is 0 Å². The first kappa shape index (κ1) is 21.8. The molecular weight excluding hydrogens is 443 g/mol. The minimum absolute atomic E-state index is 0.0947. The lowest BCUT2D eigenvalue weighted by atomic mass is 10.1. The Hall–Kier alpha value is -2.37. The largest absolute Gasteiger partial charge is 0.481 e. The number of nitrogens with one attached hydrogen (secondary N) is 2. The summed E-state index contributed by atoms with van der Waals surface area (Å²) in [4.78, 5) is 29.4. The zero-order chi connectivity index (χ0) is 22.0. The van der Waals surface area contributed by atoms with Crippen LogP contribution in [0, 0.1) is 11.7 Å². The van der Waals surface area contributed by atoms with E-state index >= 15 is 4.39 Å². The molecule has 2 heterocycles. The van der Waals surface area contributed by atoms with Gasteiger partial charge in [-0.1, -0.05) is 30.2 Å².